The first kappa shape index (κ1) is 11.9. The Bertz CT molecular complexity index is 205. The van der Waals surface area contributed by atoms with Crippen molar-refractivity contribution in [2.24, 2.45) is 0 Å². The van der Waals surface area contributed by atoms with E-state index in [9.17, 15) is 0 Å². The number of hydrogen-bond donors (Lipinski definition) is 1. The molecule has 0 saturated heterocycles. The van der Waals surface area contributed by atoms with Crippen molar-refractivity contribution in [3.63, 3.8) is 0 Å². The number of aryl methyl sites for hydroxylation is 1. The summed E-state index contributed by atoms with van der Waals surface area (Å²) in [7, 11) is 0. The minimum Gasteiger partial charge on any atom is -0.508 e. The summed E-state index contributed by atoms with van der Waals surface area (Å²) in [5.74, 6) is 0.338. The Morgan fingerprint density at radius 3 is 2.00 bits per heavy atom. The van der Waals surface area contributed by atoms with Crippen molar-refractivity contribution >= 4 is 34.8 Å². The van der Waals surface area contributed by atoms with E-state index in [0.717, 1.165) is 5.56 Å². The van der Waals surface area contributed by atoms with Crippen molar-refractivity contribution in [1.29, 1.82) is 0 Å². The van der Waals surface area contributed by atoms with Crippen LogP contribution in [0.15, 0.2) is 24.3 Å². The van der Waals surface area contributed by atoms with Crippen molar-refractivity contribution in [2.75, 3.05) is 0 Å². The van der Waals surface area contributed by atoms with Crippen LogP contribution in [0.4, 0.5) is 0 Å². The fraction of sp³-hybridized carbons (Fsp3) is 0.250. The summed E-state index contributed by atoms with van der Waals surface area (Å²) in [4.78, 5) is 0. The molecule has 0 fully saturated rings. The molecular formula is C8H9Cl3O. The largest absolute Gasteiger partial charge is 0.508 e. The summed E-state index contributed by atoms with van der Waals surface area (Å²) in [5, 5.41) is 8.81. The van der Waals surface area contributed by atoms with Crippen molar-refractivity contribution in [1.82, 2.24) is 0 Å². The predicted molar refractivity (Wildman–Crippen MR) is 54.2 cm³/mol. The van der Waals surface area contributed by atoms with Gasteiger partial charge < -0.3 is 5.11 Å². The van der Waals surface area contributed by atoms with E-state index in [1.807, 2.05) is 19.1 Å². The summed E-state index contributed by atoms with van der Waals surface area (Å²) >= 11 is 14.4. The van der Waals surface area contributed by atoms with Gasteiger partial charge in [-0.15, -0.1) is 0 Å². The zero-order valence-electron chi connectivity index (χ0n) is 6.47. The third-order valence-corrected chi connectivity index (χ3v) is 1.00. The van der Waals surface area contributed by atoms with Crippen LogP contribution in [-0.2, 0) is 0 Å². The SMILES string of the molecule is Cc1cccc(O)c1.ClC(Cl)Cl. The van der Waals surface area contributed by atoms with Gasteiger partial charge in [0, 0.05) is 0 Å². The molecule has 1 N–H and O–H groups in total. The number of hydrogen-bond acceptors (Lipinski definition) is 1. The van der Waals surface area contributed by atoms with Gasteiger partial charge in [0.1, 0.15) is 5.75 Å². The lowest BCUT2D eigenvalue weighted by Crippen LogP contribution is -1.66. The molecule has 1 nitrogen and oxygen atoms in total. The predicted octanol–water partition coefficient (Wildman–Crippen LogP) is 3.69. The second kappa shape index (κ2) is 6.41. The van der Waals surface area contributed by atoms with Gasteiger partial charge in [0.05, 0.1) is 0 Å². The zero-order valence-corrected chi connectivity index (χ0v) is 8.74. The Morgan fingerprint density at radius 2 is 1.75 bits per heavy atom. The Labute approximate surface area is 86.9 Å². The fourth-order valence-corrected chi connectivity index (χ4v) is 0.628. The number of halogens is 3. The maximum atomic E-state index is 8.81. The van der Waals surface area contributed by atoms with Gasteiger partial charge in [-0.2, -0.15) is 0 Å². The van der Waals surface area contributed by atoms with E-state index in [-0.39, 0.29) is 0 Å². The van der Waals surface area contributed by atoms with Crippen LogP contribution in [0.1, 0.15) is 5.56 Å². The van der Waals surface area contributed by atoms with E-state index >= 15 is 0 Å². The molecule has 0 spiro atoms. The molecule has 0 bridgehead atoms. The van der Waals surface area contributed by atoms with Crippen LogP contribution in [0, 0.1) is 6.92 Å². The highest BCUT2D eigenvalue weighted by molar-refractivity contribution is 6.63. The molecule has 0 atom stereocenters. The van der Waals surface area contributed by atoms with E-state index in [1.165, 1.54) is 0 Å². The second-order valence-electron chi connectivity index (χ2n) is 2.09. The summed E-state index contributed by atoms with van der Waals surface area (Å²) in [6, 6.07) is 7.15. The number of rotatable bonds is 0. The quantitative estimate of drug-likeness (QED) is 0.670. The molecule has 4 heteroatoms. The van der Waals surface area contributed by atoms with E-state index in [1.54, 1.807) is 12.1 Å². The van der Waals surface area contributed by atoms with Gasteiger partial charge in [-0.25, -0.2) is 0 Å². The number of alkyl halides is 3. The molecule has 1 rings (SSSR count). The summed E-state index contributed by atoms with van der Waals surface area (Å²) < 4.78 is -0.750. The lowest BCUT2D eigenvalue weighted by Gasteiger charge is -1.89. The van der Waals surface area contributed by atoms with Gasteiger partial charge in [0.2, 0.25) is 0 Å². The van der Waals surface area contributed by atoms with Crippen LogP contribution in [0.2, 0.25) is 0 Å². The molecule has 12 heavy (non-hydrogen) atoms. The molecule has 0 unspecified atom stereocenters. The van der Waals surface area contributed by atoms with Gasteiger partial charge in [0.15, 0.2) is 4.30 Å². The van der Waals surface area contributed by atoms with Crippen LogP contribution in [0.25, 0.3) is 0 Å². The first-order valence-corrected chi connectivity index (χ1v) is 4.51. The Kier molecular flexibility index (Phi) is 6.35. The minimum atomic E-state index is -0.750. The smallest absolute Gasteiger partial charge is 0.180 e. The van der Waals surface area contributed by atoms with E-state index < -0.39 is 4.30 Å². The van der Waals surface area contributed by atoms with Gasteiger partial charge in [0.25, 0.3) is 0 Å². The van der Waals surface area contributed by atoms with Crippen molar-refractivity contribution in [3.05, 3.63) is 29.8 Å². The molecule has 1 aromatic carbocycles. The Morgan fingerprint density at radius 1 is 1.25 bits per heavy atom. The average molecular weight is 228 g/mol. The highest BCUT2D eigenvalue weighted by atomic mass is 35.6. The van der Waals surface area contributed by atoms with Gasteiger partial charge in [-0.3, -0.25) is 0 Å². The van der Waals surface area contributed by atoms with Gasteiger partial charge in [-0.05, 0) is 24.6 Å². The van der Waals surface area contributed by atoms with Crippen molar-refractivity contribution < 1.29 is 5.11 Å². The normalized spacial score (nSPS) is 9.08. The monoisotopic (exact) mass is 226 g/mol. The molecule has 0 aliphatic carbocycles. The van der Waals surface area contributed by atoms with Crippen molar-refractivity contribution in [3.8, 4) is 5.75 Å². The lowest BCUT2D eigenvalue weighted by atomic mass is 10.2. The molecule has 0 aliphatic heterocycles. The molecule has 1 aromatic rings. The molecule has 0 aliphatic rings. The average Bonchev–Trinajstić information content (AvgIpc) is 1.84. The van der Waals surface area contributed by atoms with E-state index in [4.69, 9.17) is 39.9 Å². The van der Waals surface area contributed by atoms with Crippen LogP contribution in [0.5, 0.6) is 5.75 Å². The second-order valence-corrected chi connectivity index (χ2v) is 4.07. The molecule has 0 aromatic heterocycles. The molecule has 68 valence electrons. The highest BCUT2D eigenvalue weighted by Crippen LogP contribution is 2.08. The van der Waals surface area contributed by atoms with Crippen LogP contribution >= 0.6 is 34.8 Å². The molecule has 0 heterocycles. The Hall–Kier alpha value is -0.110. The third-order valence-electron chi connectivity index (χ3n) is 1.00. The van der Waals surface area contributed by atoms with E-state index in [2.05, 4.69) is 0 Å². The number of aromatic hydroxyl groups is 1. The lowest BCUT2D eigenvalue weighted by molar-refractivity contribution is 0.475. The first-order valence-electron chi connectivity index (χ1n) is 3.20. The molecular weight excluding hydrogens is 218 g/mol. The molecule has 0 saturated carbocycles. The van der Waals surface area contributed by atoms with Gasteiger partial charge in [-0.1, -0.05) is 46.9 Å². The summed E-state index contributed by atoms with van der Waals surface area (Å²) in [5.41, 5.74) is 1.09. The van der Waals surface area contributed by atoms with Gasteiger partial charge >= 0.3 is 0 Å². The summed E-state index contributed by atoms with van der Waals surface area (Å²) in [6.45, 7) is 1.94. The Balaban J connectivity index is 0.000000261. The summed E-state index contributed by atoms with van der Waals surface area (Å²) in [6.07, 6.45) is 0. The maximum absolute atomic E-state index is 8.81. The third kappa shape index (κ3) is 7.99. The van der Waals surface area contributed by atoms with Crippen LogP contribution in [-0.4, -0.2) is 9.40 Å². The number of phenolic OH excluding ortho intramolecular Hbond substituents is 1. The zero-order chi connectivity index (χ0) is 9.56. The number of benzene rings is 1. The molecule has 0 radical (unpaired) electrons. The first-order chi connectivity index (χ1) is 5.52. The molecule has 0 amide bonds. The number of phenols is 1. The van der Waals surface area contributed by atoms with Crippen molar-refractivity contribution in [2.45, 2.75) is 11.2 Å². The standard InChI is InChI=1S/C7H8O.CHCl3/c1-6-3-2-4-7(8)5-6;2-1(3)4/h2-5,8H,1H3;1H. The topological polar surface area (TPSA) is 20.2 Å². The van der Waals surface area contributed by atoms with Crippen LogP contribution < -0.4 is 0 Å². The van der Waals surface area contributed by atoms with Crippen LogP contribution in [0.3, 0.4) is 0 Å². The fourth-order valence-electron chi connectivity index (χ4n) is 0.628. The van der Waals surface area contributed by atoms with E-state index in [0.29, 0.717) is 5.75 Å². The minimum absolute atomic E-state index is 0.338. The highest BCUT2D eigenvalue weighted by Gasteiger charge is 1.83. The maximum Gasteiger partial charge on any atom is 0.180 e.